The van der Waals surface area contributed by atoms with Crippen LogP contribution in [0.25, 0.3) is 0 Å². The number of carbonyl (C=O) groups is 2. The first-order chi connectivity index (χ1) is 12.6. The van der Waals surface area contributed by atoms with E-state index in [9.17, 15) is 9.59 Å². The summed E-state index contributed by atoms with van der Waals surface area (Å²) in [7, 11) is 0. The molecule has 2 amide bonds. The smallest absolute Gasteiger partial charge is 0.254 e. The largest absolute Gasteiger partial charge is 0.454 e. The normalized spacial score (nSPS) is 19.0. The molecule has 4 rings (SSSR count). The van der Waals surface area contributed by atoms with Gasteiger partial charge in [0.15, 0.2) is 11.5 Å². The monoisotopic (exact) mass is 352 g/mol. The molecule has 0 aromatic heterocycles. The van der Waals surface area contributed by atoms with E-state index in [-0.39, 0.29) is 18.6 Å². The first-order valence-corrected chi connectivity index (χ1v) is 8.64. The van der Waals surface area contributed by atoms with Crippen molar-refractivity contribution in [3.63, 3.8) is 0 Å². The van der Waals surface area contributed by atoms with Gasteiger partial charge < -0.3 is 19.3 Å². The average molecular weight is 352 g/mol. The van der Waals surface area contributed by atoms with Gasteiger partial charge in [0.1, 0.15) is 6.04 Å². The van der Waals surface area contributed by atoms with Crippen molar-refractivity contribution in [3.05, 3.63) is 53.6 Å². The molecule has 0 spiro atoms. The Morgan fingerprint density at radius 3 is 2.65 bits per heavy atom. The molecule has 6 heteroatoms. The Morgan fingerprint density at radius 2 is 1.85 bits per heavy atom. The van der Waals surface area contributed by atoms with Crippen LogP contribution >= 0.6 is 0 Å². The van der Waals surface area contributed by atoms with Crippen LogP contribution in [0.5, 0.6) is 11.5 Å². The van der Waals surface area contributed by atoms with E-state index in [1.807, 2.05) is 37.3 Å². The Hall–Kier alpha value is -3.02. The molecule has 2 heterocycles. The Bertz CT molecular complexity index is 880. The predicted molar refractivity (Wildman–Crippen MR) is 96.6 cm³/mol. The van der Waals surface area contributed by atoms with Crippen molar-refractivity contribution in [2.24, 2.45) is 0 Å². The molecule has 0 radical (unpaired) electrons. The highest BCUT2D eigenvalue weighted by molar-refractivity contribution is 6.04. The molecule has 1 atom stereocenters. The zero-order valence-electron chi connectivity index (χ0n) is 14.8. The minimum absolute atomic E-state index is 0.1000. The second-order valence-corrected chi connectivity index (χ2v) is 6.52. The second-order valence-electron chi connectivity index (χ2n) is 6.52. The van der Waals surface area contributed by atoms with Gasteiger partial charge in [-0.2, -0.15) is 0 Å². The van der Waals surface area contributed by atoms with Crippen LogP contribution in [-0.4, -0.2) is 42.6 Å². The zero-order chi connectivity index (χ0) is 18.3. The average Bonchev–Trinajstić information content (AvgIpc) is 3.11. The minimum Gasteiger partial charge on any atom is -0.454 e. The Balaban J connectivity index is 1.56. The van der Waals surface area contributed by atoms with Crippen molar-refractivity contribution in [1.29, 1.82) is 0 Å². The number of carbonyl (C=O) groups excluding carboxylic acids is 2. The first kappa shape index (κ1) is 16.4. The van der Waals surface area contributed by atoms with Crippen molar-refractivity contribution in [1.82, 2.24) is 4.90 Å². The fourth-order valence-electron chi connectivity index (χ4n) is 3.42. The van der Waals surface area contributed by atoms with Gasteiger partial charge >= 0.3 is 0 Å². The summed E-state index contributed by atoms with van der Waals surface area (Å²) in [5.74, 6) is 1.12. The third kappa shape index (κ3) is 2.67. The highest BCUT2D eigenvalue weighted by Gasteiger charge is 2.36. The number of anilines is 1. The minimum atomic E-state index is -0.527. The molecule has 0 aliphatic carbocycles. The molecule has 26 heavy (non-hydrogen) atoms. The van der Waals surface area contributed by atoms with E-state index in [1.165, 1.54) is 0 Å². The van der Waals surface area contributed by atoms with E-state index < -0.39 is 6.04 Å². The lowest BCUT2D eigenvalue weighted by atomic mass is 10.0. The van der Waals surface area contributed by atoms with E-state index in [0.717, 1.165) is 11.3 Å². The maximum Gasteiger partial charge on any atom is 0.254 e. The van der Waals surface area contributed by atoms with E-state index in [2.05, 4.69) is 0 Å². The summed E-state index contributed by atoms with van der Waals surface area (Å²) in [6.07, 6.45) is 0. The lowest BCUT2D eigenvalue weighted by molar-refractivity contribution is -0.124. The highest BCUT2D eigenvalue weighted by atomic mass is 16.7. The van der Waals surface area contributed by atoms with Crippen LogP contribution in [0.3, 0.4) is 0 Å². The van der Waals surface area contributed by atoms with E-state index in [1.54, 1.807) is 28.9 Å². The van der Waals surface area contributed by atoms with Crippen LogP contribution in [0.4, 0.5) is 5.69 Å². The van der Waals surface area contributed by atoms with Gasteiger partial charge in [0.2, 0.25) is 12.7 Å². The van der Waals surface area contributed by atoms with E-state index in [0.29, 0.717) is 30.2 Å². The molecule has 2 aliphatic heterocycles. The SMILES string of the molecule is Cc1ccccc1C(=O)N1CCN(c2ccc3c(c2)OCO3)C(=O)[C@@H]1C. The molecule has 134 valence electrons. The highest BCUT2D eigenvalue weighted by Crippen LogP contribution is 2.36. The van der Waals surface area contributed by atoms with Crippen LogP contribution < -0.4 is 14.4 Å². The fourth-order valence-corrected chi connectivity index (χ4v) is 3.42. The zero-order valence-corrected chi connectivity index (χ0v) is 14.8. The number of fused-ring (bicyclic) bond motifs is 1. The van der Waals surface area contributed by atoms with Crippen molar-refractivity contribution < 1.29 is 19.1 Å². The number of benzene rings is 2. The lowest BCUT2D eigenvalue weighted by Gasteiger charge is -2.39. The van der Waals surface area contributed by atoms with Gasteiger partial charge in [-0.1, -0.05) is 18.2 Å². The number of piperazine rings is 1. The number of ether oxygens (including phenoxy) is 2. The van der Waals surface area contributed by atoms with Gasteiger partial charge in [0, 0.05) is 30.4 Å². The summed E-state index contributed by atoms with van der Waals surface area (Å²) in [6.45, 7) is 4.80. The summed E-state index contributed by atoms with van der Waals surface area (Å²) in [5.41, 5.74) is 2.31. The summed E-state index contributed by atoms with van der Waals surface area (Å²) in [6, 6.07) is 12.4. The molecule has 0 saturated carbocycles. The third-order valence-corrected chi connectivity index (χ3v) is 4.96. The van der Waals surface area contributed by atoms with Crippen molar-refractivity contribution >= 4 is 17.5 Å². The maximum absolute atomic E-state index is 12.9. The Labute approximate surface area is 151 Å². The van der Waals surface area contributed by atoms with Gasteiger partial charge in [-0.05, 0) is 37.6 Å². The van der Waals surface area contributed by atoms with Gasteiger partial charge in [0.05, 0.1) is 0 Å². The molecule has 0 unspecified atom stereocenters. The molecule has 2 aromatic rings. The molecule has 2 aliphatic rings. The number of hydrogen-bond donors (Lipinski definition) is 0. The molecule has 1 fully saturated rings. The molecule has 0 N–H and O–H groups in total. The third-order valence-electron chi connectivity index (χ3n) is 4.96. The molecule has 1 saturated heterocycles. The van der Waals surface area contributed by atoms with Crippen LogP contribution in [0.1, 0.15) is 22.8 Å². The van der Waals surface area contributed by atoms with Gasteiger partial charge in [-0.3, -0.25) is 9.59 Å². The standard InChI is InChI=1S/C20H20N2O4/c1-13-5-3-4-6-16(13)20(24)21-9-10-22(19(23)14(21)2)15-7-8-17-18(11-15)26-12-25-17/h3-8,11,14H,9-10,12H2,1-2H3/t14-/m0/s1. The predicted octanol–water partition coefficient (Wildman–Crippen LogP) is 2.60. The van der Waals surface area contributed by atoms with Gasteiger partial charge in [0.25, 0.3) is 5.91 Å². The summed E-state index contributed by atoms with van der Waals surface area (Å²) in [4.78, 5) is 29.2. The quantitative estimate of drug-likeness (QED) is 0.834. The fraction of sp³-hybridized carbons (Fsp3) is 0.300. The lowest BCUT2D eigenvalue weighted by Crippen LogP contribution is -2.57. The van der Waals surface area contributed by atoms with Crippen molar-refractivity contribution in [2.75, 3.05) is 24.8 Å². The molecular weight excluding hydrogens is 332 g/mol. The number of nitrogens with zero attached hydrogens (tertiary/aromatic N) is 2. The van der Waals surface area contributed by atoms with Gasteiger partial charge in [-0.15, -0.1) is 0 Å². The summed E-state index contributed by atoms with van der Waals surface area (Å²) in [5, 5.41) is 0. The number of amides is 2. The van der Waals surface area contributed by atoms with Crippen LogP contribution in [-0.2, 0) is 4.79 Å². The van der Waals surface area contributed by atoms with E-state index in [4.69, 9.17) is 9.47 Å². The Morgan fingerprint density at radius 1 is 1.08 bits per heavy atom. The Kier molecular flexibility index (Phi) is 4.03. The van der Waals surface area contributed by atoms with Crippen LogP contribution in [0, 0.1) is 6.92 Å². The van der Waals surface area contributed by atoms with Crippen LogP contribution in [0.15, 0.2) is 42.5 Å². The number of rotatable bonds is 2. The van der Waals surface area contributed by atoms with Crippen LogP contribution in [0.2, 0.25) is 0 Å². The van der Waals surface area contributed by atoms with Crippen molar-refractivity contribution in [2.45, 2.75) is 19.9 Å². The first-order valence-electron chi connectivity index (χ1n) is 8.64. The number of hydrogen-bond acceptors (Lipinski definition) is 4. The maximum atomic E-state index is 12.9. The number of aryl methyl sites for hydroxylation is 1. The van der Waals surface area contributed by atoms with E-state index >= 15 is 0 Å². The molecule has 6 nitrogen and oxygen atoms in total. The summed E-state index contributed by atoms with van der Waals surface area (Å²) >= 11 is 0. The topological polar surface area (TPSA) is 59.1 Å². The molecule has 0 bridgehead atoms. The second kappa shape index (κ2) is 6.37. The molecule has 2 aromatic carbocycles. The summed E-state index contributed by atoms with van der Waals surface area (Å²) < 4.78 is 10.7. The van der Waals surface area contributed by atoms with Crippen molar-refractivity contribution in [3.8, 4) is 11.5 Å². The van der Waals surface area contributed by atoms with Gasteiger partial charge in [-0.25, -0.2) is 0 Å². The molecular formula is C20H20N2O4.